The predicted molar refractivity (Wildman–Crippen MR) is 136 cm³/mol. The van der Waals surface area contributed by atoms with Gasteiger partial charge in [0.2, 0.25) is 0 Å². The molecule has 34 heavy (non-hydrogen) atoms. The minimum absolute atomic E-state index is 0.341. The number of aliphatic hydroxyl groups is 1. The normalized spacial score (nSPS) is 14.6. The van der Waals surface area contributed by atoms with Crippen LogP contribution in [0, 0.1) is 0 Å². The molecule has 0 amide bonds. The molecule has 3 aromatic rings. The summed E-state index contributed by atoms with van der Waals surface area (Å²) >= 11 is 0. The summed E-state index contributed by atoms with van der Waals surface area (Å²) < 4.78 is 18.9. The van der Waals surface area contributed by atoms with Crippen molar-refractivity contribution < 1.29 is 19.3 Å². The Bertz CT molecular complexity index is 959. The standard InChI is InChI=1S/C30H34O4/c1-3-14-27(31)29(33-22-25-17-10-6-11-18-25)30(34-23-26-19-12-7-13-20-26)28(4-2)32-21-24-15-8-5-9-16-24/h3-13,15-20,27-31H,1-2,14,21-23H2/t27?,28-,29-,30+/m0/s1. The molecule has 0 aliphatic carbocycles. The van der Waals surface area contributed by atoms with Crippen molar-refractivity contribution >= 4 is 0 Å². The van der Waals surface area contributed by atoms with Crippen LogP contribution in [0.25, 0.3) is 0 Å². The van der Waals surface area contributed by atoms with Gasteiger partial charge in [-0.1, -0.05) is 103 Å². The molecule has 0 radical (unpaired) electrons. The van der Waals surface area contributed by atoms with Gasteiger partial charge >= 0.3 is 0 Å². The summed E-state index contributed by atoms with van der Waals surface area (Å²) in [7, 11) is 0. The summed E-state index contributed by atoms with van der Waals surface area (Å²) in [6.45, 7) is 8.87. The Kier molecular flexibility index (Phi) is 10.8. The summed E-state index contributed by atoms with van der Waals surface area (Å²) in [4.78, 5) is 0. The second-order valence-corrected chi connectivity index (χ2v) is 8.11. The lowest BCUT2D eigenvalue weighted by molar-refractivity contribution is -0.168. The van der Waals surface area contributed by atoms with Gasteiger partial charge in [-0.25, -0.2) is 0 Å². The van der Waals surface area contributed by atoms with Gasteiger partial charge in [0.25, 0.3) is 0 Å². The first kappa shape index (κ1) is 25.6. The number of aliphatic hydroxyl groups excluding tert-OH is 1. The third kappa shape index (κ3) is 8.08. The molecule has 0 fully saturated rings. The third-order valence-corrected chi connectivity index (χ3v) is 5.52. The number of hydrogen-bond donors (Lipinski definition) is 1. The maximum Gasteiger partial charge on any atom is 0.116 e. The van der Waals surface area contributed by atoms with E-state index >= 15 is 0 Å². The van der Waals surface area contributed by atoms with E-state index < -0.39 is 24.4 Å². The average molecular weight is 459 g/mol. The number of benzene rings is 3. The van der Waals surface area contributed by atoms with E-state index in [9.17, 15) is 5.11 Å². The van der Waals surface area contributed by atoms with Crippen molar-refractivity contribution in [2.75, 3.05) is 0 Å². The van der Waals surface area contributed by atoms with Crippen LogP contribution >= 0.6 is 0 Å². The third-order valence-electron chi connectivity index (χ3n) is 5.52. The quantitative estimate of drug-likeness (QED) is 0.290. The van der Waals surface area contributed by atoms with Crippen LogP contribution < -0.4 is 0 Å². The molecule has 0 saturated carbocycles. The fourth-order valence-electron chi connectivity index (χ4n) is 3.70. The minimum Gasteiger partial charge on any atom is -0.390 e. The van der Waals surface area contributed by atoms with E-state index in [4.69, 9.17) is 14.2 Å². The summed E-state index contributed by atoms with van der Waals surface area (Å²) in [6.07, 6.45) is 1.23. The van der Waals surface area contributed by atoms with Crippen LogP contribution in [-0.4, -0.2) is 29.5 Å². The fraction of sp³-hybridized carbons (Fsp3) is 0.267. The van der Waals surface area contributed by atoms with Crippen LogP contribution in [0.4, 0.5) is 0 Å². The van der Waals surface area contributed by atoms with Crippen molar-refractivity contribution in [3.8, 4) is 0 Å². The minimum atomic E-state index is -0.815. The first-order valence-electron chi connectivity index (χ1n) is 11.6. The molecule has 4 heteroatoms. The van der Waals surface area contributed by atoms with E-state index in [1.807, 2.05) is 91.0 Å². The van der Waals surface area contributed by atoms with Crippen molar-refractivity contribution in [1.29, 1.82) is 0 Å². The van der Waals surface area contributed by atoms with Crippen molar-refractivity contribution in [1.82, 2.24) is 0 Å². The van der Waals surface area contributed by atoms with Crippen molar-refractivity contribution in [2.45, 2.75) is 50.7 Å². The van der Waals surface area contributed by atoms with Crippen LogP contribution in [-0.2, 0) is 34.0 Å². The van der Waals surface area contributed by atoms with Gasteiger partial charge in [0.1, 0.15) is 18.3 Å². The molecule has 0 heterocycles. The van der Waals surface area contributed by atoms with E-state index in [2.05, 4.69) is 13.2 Å². The highest BCUT2D eigenvalue weighted by Crippen LogP contribution is 2.22. The van der Waals surface area contributed by atoms with Gasteiger partial charge in [0.15, 0.2) is 0 Å². The molecule has 178 valence electrons. The van der Waals surface area contributed by atoms with Crippen LogP contribution in [0.15, 0.2) is 116 Å². The molecule has 0 aromatic heterocycles. The zero-order valence-electron chi connectivity index (χ0n) is 19.5. The van der Waals surface area contributed by atoms with E-state index in [0.29, 0.717) is 26.2 Å². The predicted octanol–water partition coefficient (Wildman–Crippen LogP) is 5.87. The van der Waals surface area contributed by atoms with Crippen LogP contribution in [0.1, 0.15) is 23.1 Å². The first-order valence-corrected chi connectivity index (χ1v) is 11.6. The van der Waals surface area contributed by atoms with Crippen molar-refractivity contribution in [3.05, 3.63) is 133 Å². The second kappa shape index (κ2) is 14.3. The van der Waals surface area contributed by atoms with E-state index in [1.165, 1.54) is 0 Å². The highest BCUT2D eigenvalue weighted by atomic mass is 16.6. The zero-order chi connectivity index (χ0) is 24.0. The summed E-state index contributed by atoms with van der Waals surface area (Å²) in [5.74, 6) is 0. The van der Waals surface area contributed by atoms with Crippen LogP contribution in [0.2, 0.25) is 0 Å². The molecular formula is C30H34O4. The van der Waals surface area contributed by atoms with Gasteiger partial charge in [-0.05, 0) is 23.1 Å². The average Bonchev–Trinajstić information content (AvgIpc) is 2.89. The van der Waals surface area contributed by atoms with Crippen molar-refractivity contribution in [3.63, 3.8) is 0 Å². The maximum atomic E-state index is 11.0. The molecule has 1 unspecified atom stereocenters. The summed E-state index contributed by atoms with van der Waals surface area (Å²) in [5, 5.41) is 11.0. The molecule has 3 rings (SSSR count). The highest BCUT2D eigenvalue weighted by molar-refractivity contribution is 5.15. The molecule has 1 N–H and O–H groups in total. The molecular weight excluding hydrogens is 424 g/mol. The van der Waals surface area contributed by atoms with Gasteiger partial charge in [0.05, 0.1) is 25.9 Å². The number of rotatable bonds is 15. The lowest BCUT2D eigenvalue weighted by Crippen LogP contribution is -2.48. The Morgan fingerprint density at radius 3 is 1.44 bits per heavy atom. The molecule has 0 spiro atoms. The largest absolute Gasteiger partial charge is 0.390 e. The molecule has 0 aliphatic rings. The Morgan fingerprint density at radius 1 is 0.618 bits per heavy atom. The lowest BCUT2D eigenvalue weighted by Gasteiger charge is -2.34. The van der Waals surface area contributed by atoms with E-state index in [1.54, 1.807) is 12.2 Å². The second-order valence-electron chi connectivity index (χ2n) is 8.11. The molecule has 0 aliphatic heterocycles. The molecule has 3 aromatic carbocycles. The van der Waals surface area contributed by atoms with Gasteiger partial charge < -0.3 is 19.3 Å². The number of hydrogen-bond acceptors (Lipinski definition) is 4. The Balaban J connectivity index is 1.82. The van der Waals surface area contributed by atoms with Crippen LogP contribution in [0.3, 0.4) is 0 Å². The Hall–Kier alpha value is -3.02. The van der Waals surface area contributed by atoms with Crippen LogP contribution in [0.5, 0.6) is 0 Å². The molecule has 0 saturated heterocycles. The Labute approximate surface area is 203 Å². The summed E-state index contributed by atoms with van der Waals surface area (Å²) in [6, 6.07) is 29.7. The smallest absolute Gasteiger partial charge is 0.116 e. The molecule has 4 nitrogen and oxygen atoms in total. The molecule has 0 bridgehead atoms. The van der Waals surface area contributed by atoms with Gasteiger partial charge in [-0.15, -0.1) is 13.2 Å². The first-order chi connectivity index (χ1) is 16.7. The van der Waals surface area contributed by atoms with Gasteiger partial charge in [-0.3, -0.25) is 0 Å². The van der Waals surface area contributed by atoms with Crippen molar-refractivity contribution in [2.24, 2.45) is 0 Å². The fourth-order valence-corrected chi connectivity index (χ4v) is 3.70. The lowest BCUT2D eigenvalue weighted by atomic mass is 9.99. The Morgan fingerprint density at radius 2 is 1.03 bits per heavy atom. The summed E-state index contributed by atoms with van der Waals surface area (Å²) in [5.41, 5.74) is 3.09. The zero-order valence-corrected chi connectivity index (χ0v) is 19.5. The highest BCUT2D eigenvalue weighted by Gasteiger charge is 2.35. The monoisotopic (exact) mass is 458 g/mol. The van der Waals surface area contributed by atoms with Gasteiger partial charge in [-0.2, -0.15) is 0 Å². The maximum absolute atomic E-state index is 11.0. The van der Waals surface area contributed by atoms with E-state index in [0.717, 1.165) is 16.7 Å². The topological polar surface area (TPSA) is 47.9 Å². The van der Waals surface area contributed by atoms with E-state index in [-0.39, 0.29) is 0 Å². The molecule has 4 atom stereocenters. The number of ether oxygens (including phenoxy) is 3. The van der Waals surface area contributed by atoms with Gasteiger partial charge in [0, 0.05) is 0 Å². The SMILES string of the molecule is C=CCC(O)[C@H](OCc1ccccc1)[C@H](OCc1ccccc1)[C@H](C=C)OCc1ccccc1.